The number of amides is 2. The highest BCUT2D eigenvalue weighted by atomic mass is 16.4. The van der Waals surface area contributed by atoms with Crippen LogP contribution in [0, 0.1) is 0 Å². The molecule has 0 saturated carbocycles. The number of nitrogens with zero attached hydrogens (tertiary/aromatic N) is 4. The van der Waals surface area contributed by atoms with Gasteiger partial charge in [-0.15, -0.1) is 0 Å². The number of carbonyl (C=O) groups excluding carboxylic acids is 2. The van der Waals surface area contributed by atoms with E-state index in [1.807, 2.05) is 0 Å². The molecule has 11 nitrogen and oxygen atoms in total. The van der Waals surface area contributed by atoms with Gasteiger partial charge >= 0.3 is 5.97 Å². The Morgan fingerprint density at radius 1 is 1.29 bits per heavy atom. The van der Waals surface area contributed by atoms with Gasteiger partial charge in [0.1, 0.15) is 23.2 Å². The van der Waals surface area contributed by atoms with Crippen LogP contribution in [-0.2, 0) is 18.4 Å². The third-order valence-electron chi connectivity index (χ3n) is 4.05. The van der Waals surface area contributed by atoms with Crippen molar-refractivity contribution in [3.63, 3.8) is 0 Å². The lowest BCUT2D eigenvalue weighted by atomic mass is 10.2. The summed E-state index contributed by atoms with van der Waals surface area (Å²) in [6.45, 7) is 1.68. The zero-order valence-electron chi connectivity index (χ0n) is 15.1. The number of furan rings is 1. The molecular formula is C17H18N6O5. The SMILES string of the molecule is CC(C(=O)Nc1cnn(C)c1C(=O)NCc1ccco1)n1nccc1C(=O)O. The third-order valence-corrected chi connectivity index (χ3v) is 4.05. The highest BCUT2D eigenvalue weighted by Crippen LogP contribution is 2.18. The van der Waals surface area contributed by atoms with Crippen LogP contribution >= 0.6 is 0 Å². The maximum absolute atomic E-state index is 12.6. The Morgan fingerprint density at radius 2 is 2.07 bits per heavy atom. The Kier molecular flexibility index (Phi) is 5.25. The zero-order valence-corrected chi connectivity index (χ0v) is 15.1. The summed E-state index contributed by atoms with van der Waals surface area (Å²) >= 11 is 0. The van der Waals surface area contributed by atoms with Crippen LogP contribution in [0.5, 0.6) is 0 Å². The number of aryl methyl sites for hydroxylation is 1. The number of hydrogen-bond donors (Lipinski definition) is 3. The normalized spacial score (nSPS) is 11.8. The Balaban J connectivity index is 1.73. The molecule has 11 heteroatoms. The molecule has 0 saturated heterocycles. The van der Waals surface area contributed by atoms with Gasteiger partial charge < -0.3 is 20.2 Å². The standard InChI is InChI=1S/C17H18N6O5/c1-10(23-13(17(26)27)5-6-19-23)15(24)21-12-9-20-22(2)14(12)16(25)18-8-11-4-3-7-28-11/h3-7,9-10H,8H2,1-2H3,(H,18,25)(H,21,24)(H,26,27). The summed E-state index contributed by atoms with van der Waals surface area (Å²) in [5.74, 6) is -1.62. The molecule has 0 radical (unpaired) electrons. The average Bonchev–Trinajstić information content (AvgIpc) is 3.40. The lowest BCUT2D eigenvalue weighted by Gasteiger charge is -2.14. The first-order chi connectivity index (χ1) is 13.4. The van der Waals surface area contributed by atoms with Gasteiger partial charge in [0.2, 0.25) is 5.91 Å². The predicted octanol–water partition coefficient (Wildman–Crippen LogP) is 1.04. The summed E-state index contributed by atoms with van der Waals surface area (Å²) < 4.78 is 7.58. The highest BCUT2D eigenvalue weighted by molar-refractivity contribution is 6.03. The van der Waals surface area contributed by atoms with Crippen molar-refractivity contribution in [1.82, 2.24) is 24.9 Å². The molecule has 3 aromatic rings. The van der Waals surface area contributed by atoms with Crippen molar-refractivity contribution in [2.45, 2.75) is 19.5 Å². The highest BCUT2D eigenvalue weighted by Gasteiger charge is 2.24. The van der Waals surface area contributed by atoms with Gasteiger partial charge in [-0.1, -0.05) is 0 Å². The van der Waals surface area contributed by atoms with Crippen molar-refractivity contribution in [2.24, 2.45) is 7.05 Å². The van der Waals surface area contributed by atoms with Crippen molar-refractivity contribution in [3.05, 3.63) is 54.0 Å². The minimum atomic E-state index is -1.20. The zero-order chi connectivity index (χ0) is 20.3. The fourth-order valence-electron chi connectivity index (χ4n) is 2.60. The number of carboxylic acids is 1. The molecule has 28 heavy (non-hydrogen) atoms. The molecule has 0 aliphatic heterocycles. The van der Waals surface area contributed by atoms with Crippen LogP contribution in [0.1, 0.15) is 39.7 Å². The number of hydrogen-bond acceptors (Lipinski definition) is 6. The first-order valence-corrected chi connectivity index (χ1v) is 8.28. The number of aromatic nitrogens is 4. The van der Waals surface area contributed by atoms with E-state index >= 15 is 0 Å². The van der Waals surface area contributed by atoms with Crippen LogP contribution in [0.15, 0.2) is 41.3 Å². The topological polar surface area (TPSA) is 144 Å². The second kappa shape index (κ2) is 7.78. The molecule has 0 fully saturated rings. The molecule has 0 bridgehead atoms. The van der Waals surface area contributed by atoms with E-state index in [0.717, 1.165) is 4.68 Å². The molecule has 146 valence electrons. The number of aromatic carboxylic acids is 1. The van der Waals surface area contributed by atoms with E-state index in [1.165, 1.54) is 36.3 Å². The van der Waals surface area contributed by atoms with Gasteiger partial charge in [-0.05, 0) is 25.1 Å². The van der Waals surface area contributed by atoms with Gasteiger partial charge in [-0.3, -0.25) is 14.3 Å². The molecule has 0 spiro atoms. The van der Waals surface area contributed by atoms with E-state index in [4.69, 9.17) is 9.52 Å². The summed E-state index contributed by atoms with van der Waals surface area (Å²) in [6.07, 6.45) is 4.14. The Labute approximate surface area is 158 Å². The summed E-state index contributed by atoms with van der Waals surface area (Å²) in [4.78, 5) is 36.3. The molecule has 3 aromatic heterocycles. The number of carboxylic acid groups (broad SMARTS) is 1. The van der Waals surface area contributed by atoms with E-state index in [9.17, 15) is 14.4 Å². The van der Waals surface area contributed by atoms with Crippen molar-refractivity contribution < 1.29 is 23.9 Å². The summed E-state index contributed by atoms with van der Waals surface area (Å²) in [6, 6.07) is 3.81. The van der Waals surface area contributed by atoms with Crippen LogP contribution in [0.3, 0.4) is 0 Å². The molecule has 3 N–H and O–H groups in total. The van der Waals surface area contributed by atoms with Crippen LogP contribution in [0.2, 0.25) is 0 Å². The van der Waals surface area contributed by atoms with Gasteiger partial charge in [-0.2, -0.15) is 10.2 Å². The maximum atomic E-state index is 12.6. The summed E-state index contributed by atoms with van der Waals surface area (Å²) in [7, 11) is 1.57. The van der Waals surface area contributed by atoms with Crippen LogP contribution in [-0.4, -0.2) is 42.5 Å². The number of nitrogens with one attached hydrogen (secondary N) is 2. The fraction of sp³-hybridized carbons (Fsp3) is 0.235. The minimum Gasteiger partial charge on any atom is -0.477 e. The van der Waals surface area contributed by atoms with E-state index < -0.39 is 23.8 Å². The first-order valence-electron chi connectivity index (χ1n) is 8.28. The van der Waals surface area contributed by atoms with Gasteiger partial charge in [0.15, 0.2) is 0 Å². The molecule has 1 unspecified atom stereocenters. The summed E-state index contributed by atoms with van der Waals surface area (Å²) in [5, 5.41) is 22.3. The average molecular weight is 386 g/mol. The van der Waals surface area contributed by atoms with Crippen LogP contribution in [0.25, 0.3) is 0 Å². The second-order valence-corrected chi connectivity index (χ2v) is 5.92. The largest absolute Gasteiger partial charge is 0.477 e. The lowest BCUT2D eigenvalue weighted by Crippen LogP contribution is -2.29. The van der Waals surface area contributed by atoms with Crippen molar-refractivity contribution in [2.75, 3.05) is 5.32 Å². The smallest absolute Gasteiger partial charge is 0.354 e. The van der Waals surface area contributed by atoms with Gasteiger partial charge in [0, 0.05) is 13.2 Å². The Morgan fingerprint density at radius 3 is 2.75 bits per heavy atom. The number of rotatable bonds is 7. The molecule has 0 aliphatic rings. The molecule has 1 atom stereocenters. The second-order valence-electron chi connectivity index (χ2n) is 5.92. The molecule has 0 aromatic carbocycles. The van der Waals surface area contributed by atoms with Crippen LogP contribution in [0.4, 0.5) is 5.69 Å². The first kappa shape index (κ1) is 18.9. The number of anilines is 1. The molecular weight excluding hydrogens is 368 g/mol. The van der Waals surface area contributed by atoms with Crippen LogP contribution < -0.4 is 10.6 Å². The predicted molar refractivity (Wildman–Crippen MR) is 95.6 cm³/mol. The molecule has 0 aliphatic carbocycles. The van der Waals surface area contributed by atoms with Crippen molar-refractivity contribution in [3.8, 4) is 0 Å². The Bertz CT molecular complexity index is 1000. The molecule has 2 amide bonds. The minimum absolute atomic E-state index is 0.120. The lowest BCUT2D eigenvalue weighted by molar-refractivity contribution is -0.119. The Hall–Kier alpha value is -3.89. The fourth-order valence-corrected chi connectivity index (χ4v) is 2.60. The van der Waals surface area contributed by atoms with Gasteiger partial charge in [0.25, 0.3) is 5.91 Å². The molecule has 3 heterocycles. The van der Waals surface area contributed by atoms with E-state index in [2.05, 4.69) is 20.8 Å². The third kappa shape index (κ3) is 3.77. The van der Waals surface area contributed by atoms with Gasteiger partial charge in [0.05, 0.1) is 24.7 Å². The van der Waals surface area contributed by atoms with E-state index in [-0.39, 0.29) is 23.6 Å². The number of carbonyl (C=O) groups is 3. The molecule has 3 rings (SSSR count). The van der Waals surface area contributed by atoms with E-state index in [0.29, 0.717) is 5.76 Å². The van der Waals surface area contributed by atoms with E-state index in [1.54, 1.807) is 19.2 Å². The monoisotopic (exact) mass is 386 g/mol. The van der Waals surface area contributed by atoms with Gasteiger partial charge in [-0.25, -0.2) is 9.48 Å². The summed E-state index contributed by atoms with van der Waals surface area (Å²) in [5.41, 5.74) is 0.219. The van der Waals surface area contributed by atoms with Crippen molar-refractivity contribution in [1.29, 1.82) is 0 Å². The maximum Gasteiger partial charge on any atom is 0.354 e. The van der Waals surface area contributed by atoms with Crippen molar-refractivity contribution >= 4 is 23.5 Å². The quantitative estimate of drug-likeness (QED) is 0.550.